The molecule has 4 nitrogen and oxygen atoms in total. The summed E-state index contributed by atoms with van der Waals surface area (Å²) in [5.41, 5.74) is 2.64. The SMILES string of the molecule is Cn1cc(/C(CC(c2ccc(Br)cc2)C2CCCC2)=N\O)ccc1=O. The zero-order valence-corrected chi connectivity index (χ0v) is 15.9. The summed E-state index contributed by atoms with van der Waals surface area (Å²) in [6.45, 7) is 0. The smallest absolute Gasteiger partial charge is 0.250 e. The zero-order chi connectivity index (χ0) is 17.8. The second-order valence-corrected chi connectivity index (χ2v) is 7.74. The van der Waals surface area contributed by atoms with Crippen LogP contribution in [-0.4, -0.2) is 15.5 Å². The van der Waals surface area contributed by atoms with Crippen molar-refractivity contribution in [2.24, 2.45) is 18.1 Å². The molecule has 0 radical (unpaired) electrons. The van der Waals surface area contributed by atoms with E-state index in [-0.39, 0.29) is 5.56 Å². The first-order valence-corrected chi connectivity index (χ1v) is 9.51. The maximum absolute atomic E-state index is 11.6. The molecule has 25 heavy (non-hydrogen) atoms. The van der Waals surface area contributed by atoms with Gasteiger partial charge >= 0.3 is 0 Å². The normalized spacial score (nSPS) is 17.0. The van der Waals surface area contributed by atoms with Gasteiger partial charge in [-0.2, -0.15) is 0 Å². The van der Waals surface area contributed by atoms with Crippen LogP contribution in [0.2, 0.25) is 0 Å². The van der Waals surface area contributed by atoms with E-state index in [1.54, 1.807) is 19.3 Å². The third-order valence-electron chi connectivity index (χ3n) is 5.22. The van der Waals surface area contributed by atoms with Gasteiger partial charge in [0.25, 0.3) is 0 Å². The fraction of sp³-hybridized carbons (Fsp3) is 0.400. The first kappa shape index (κ1) is 17.9. The number of hydrogen-bond donors (Lipinski definition) is 1. The van der Waals surface area contributed by atoms with E-state index >= 15 is 0 Å². The van der Waals surface area contributed by atoms with Crippen molar-refractivity contribution < 1.29 is 5.21 Å². The summed E-state index contributed by atoms with van der Waals surface area (Å²) >= 11 is 3.50. The number of halogens is 1. The molecule has 1 heterocycles. The molecule has 3 rings (SSSR count). The van der Waals surface area contributed by atoms with Gasteiger partial charge in [0, 0.05) is 35.8 Å². The molecular weight excluding hydrogens is 380 g/mol. The maximum Gasteiger partial charge on any atom is 0.250 e. The van der Waals surface area contributed by atoms with E-state index in [9.17, 15) is 10.0 Å². The van der Waals surface area contributed by atoms with Gasteiger partial charge in [0.05, 0.1) is 5.71 Å². The standard InChI is InChI=1S/C20H23BrN2O2/c1-23-13-16(8-11-20(23)24)19(22-25)12-18(14-4-2-3-5-14)15-6-9-17(21)10-7-15/h6-11,13-14,18,25H,2-5,12H2,1H3/b22-19-. The lowest BCUT2D eigenvalue weighted by molar-refractivity contribution is 0.316. The van der Waals surface area contributed by atoms with Crippen LogP contribution in [0.1, 0.15) is 49.1 Å². The summed E-state index contributed by atoms with van der Waals surface area (Å²) in [5, 5.41) is 13.2. The Kier molecular flexibility index (Phi) is 5.74. The zero-order valence-electron chi connectivity index (χ0n) is 14.4. The first-order chi connectivity index (χ1) is 12.1. The highest BCUT2D eigenvalue weighted by molar-refractivity contribution is 9.10. The third-order valence-corrected chi connectivity index (χ3v) is 5.75. The number of aromatic nitrogens is 1. The lowest BCUT2D eigenvalue weighted by Gasteiger charge is -2.24. The van der Waals surface area contributed by atoms with Gasteiger partial charge in [-0.15, -0.1) is 0 Å². The van der Waals surface area contributed by atoms with Crippen molar-refractivity contribution >= 4 is 21.6 Å². The summed E-state index contributed by atoms with van der Waals surface area (Å²) in [5.74, 6) is 0.921. The highest BCUT2D eigenvalue weighted by Crippen LogP contribution is 2.40. The van der Waals surface area contributed by atoms with E-state index < -0.39 is 0 Å². The molecule has 1 aliphatic rings. The van der Waals surface area contributed by atoms with Gasteiger partial charge in [0.2, 0.25) is 5.56 Å². The van der Waals surface area contributed by atoms with E-state index in [0.29, 0.717) is 24.0 Å². The van der Waals surface area contributed by atoms with Crippen LogP contribution in [0.25, 0.3) is 0 Å². The van der Waals surface area contributed by atoms with Gasteiger partial charge in [0.15, 0.2) is 0 Å². The number of nitrogens with zero attached hydrogens (tertiary/aromatic N) is 2. The molecule has 5 heteroatoms. The predicted octanol–water partition coefficient (Wildman–Crippen LogP) is 4.69. The molecule has 0 amide bonds. The molecule has 1 fully saturated rings. The number of rotatable bonds is 5. The summed E-state index contributed by atoms with van der Waals surface area (Å²) in [7, 11) is 1.71. The molecule has 1 aromatic carbocycles. The van der Waals surface area contributed by atoms with Gasteiger partial charge in [-0.3, -0.25) is 4.79 Å². The fourth-order valence-corrected chi connectivity index (χ4v) is 4.08. The van der Waals surface area contributed by atoms with Crippen molar-refractivity contribution in [3.05, 3.63) is 68.5 Å². The molecular formula is C20H23BrN2O2. The highest BCUT2D eigenvalue weighted by Gasteiger charge is 2.28. The monoisotopic (exact) mass is 402 g/mol. The van der Waals surface area contributed by atoms with Crippen molar-refractivity contribution in [2.75, 3.05) is 0 Å². The van der Waals surface area contributed by atoms with Crippen LogP contribution in [0.5, 0.6) is 0 Å². The van der Waals surface area contributed by atoms with Crippen LogP contribution in [-0.2, 0) is 7.05 Å². The molecule has 2 aromatic rings. The topological polar surface area (TPSA) is 54.6 Å². The Bertz CT molecular complexity index is 805. The van der Waals surface area contributed by atoms with E-state index in [4.69, 9.17) is 0 Å². The molecule has 0 aliphatic heterocycles. The van der Waals surface area contributed by atoms with E-state index in [2.05, 4.69) is 45.4 Å². The Morgan fingerprint density at radius 1 is 1.24 bits per heavy atom. The molecule has 0 spiro atoms. The quantitative estimate of drug-likeness (QED) is 0.447. The Morgan fingerprint density at radius 3 is 2.52 bits per heavy atom. The molecule has 1 unspecified atom stereocenters. The molecule has 1 saturated carbocycles. The van der Waals surface area contributed by atoms with E-state index in [1.807, 2.05) is 0 Å². The number of aryl methyl sites for hydroxylation is 1. The van der Waals surface area contributed by atoms with Crippen LogP contribution in [0.15, 0.2) is 57.0 Å². The second-order valence-electron chi connectivity index (χ2n) is 6.82. The largest absolute Gasteiger partial charge is 0.411 e. The third kappa shape index (κ3) is 4.21. The van der Waals surface area contributed by atoms with Crippen molar-refractivity contribution in [3.8, 4) is 0 Å². The Hall–Kier alpha value is -1.88. The summed E-state index contributed by atoms with van der Waals surface area (Å²) < 4.78 is 2.58. The van der Waals surface area contributed by atoms with Crippen molar-refractivity contribution in [3.63, 3.8) is 0 Å². The van der Waals surface area contributed by atoms with E-state index in [1.165, 1.54) is 41.9 Å². The predicted molar refractivity (Wildman–Crippen MR) is 103 cm³/mol. The molecule has 132 valence electrons. The summed E-state index contributed by atoms with van der Waals surface area (Å²) in [4.78, 5) is 11.6. The van der Waals surface area contributed by atoms with Crippen LogP contribution < -0.4 is 5.56 Å². The average molecular weight is 403 g/mol. The minimum absolute atomic E-state index is 0.0682. The van der Waals surface area contributed by atoms with Crippen LogP contribution >= 0.6 is 15.9 Å². The molecule has 1 aliphatic carbocycles. The highest BCUT2D eigenvalue weighted by atomic mass is 79.9. The maximum atomic E-state index is 11.6. The van der Waals surface area contributed by atoms with Gasteiger partial charge in [-0.05, 0) is 48.4 Å². The molecule has 0 saturated heterocycles. The first-order valence-electron chi connectivity index (χ1n) is 8.72. The van der Waals surface area contributed by atoms with Gasteiger partial charge < -0.3 is 9.77 Å². The average Bonchev–Trinajstić information content (AvgIpc) is 3.14. The van der Waals surface area contributed by atoms with Gasteiger partial charge in [-0.25, -0.2) is 0 Å². The lowest BCUT2D eigenvalue weighted by atomic mass is 9.80. The van der Waals surface area contributed by atoms with E-state index in [0.717, 1.165) is 10.0 Å². The Labute approximate surface area is 156 Å². The van der Waals surface area contributed by atoms with Crippen molar-refractivity contribution in [2.45, 2.75) is 38.0 Å². The number of pyridine rings is 1. The minimum Gasteiger partial charge on any atom is -0.411 e. The van der Waals surface area contributed by atoms with Crippen LogP contribution in [0, 0.1) is 5.92 Å². The van der Waals surface area contributed by atoms with Crippen LogP contribution in [0.3, 0.4) is 0 Å². The Morgan fingerprint density at radius 2 is 1.92 bits per heavy atom. The second kappa shape index (κ2) is 8.00. The minimum atomic E-state index is -0.0682. The number of oxime groups is 1. The Balaban J connectivity index is 1.91. The van der Waals surface area contributed by atoms with Gasteiger partial charge in [-0.1, -0.05) is 46.1 Å². The van der Waals surface area contributed by atoms with Crippen molar-refractivity contribution in [1.29, 1.82) is 0 Å². The molecule has 1 aromatic heterocycles. The number of benzene rings is 1. The van der Waals surface area contributed by atoms with Gasteiger partial charge in [0.1, 0.15) is 0 Å². The summed E-state index contributed by atoms with van der Waals surface area (Å²) in [6, 6.07) is 11.7. The van der Waals surface area contributed by atoms with Crippen LogP contribution in [0.4, 0.5) is 0 Å². The van der Waals surface area contributed by atoms with Crippen molar-refractivity contribution in [1.82, 2.24) is 4.57 Å². The lowest BCUT2D eigenvalue weighted by Crippen LogP contribution is -2.19. The molecule has 1 atom stereocenters. The summed E-state index contributed by atoms with van der Waals surface area (Å²) in [6.07, 6.45) is 7.37. The number of hydrogen-bond acceptors (Lipinski definition) is 3. The molecule has 0 bridgehead atoms. The fourth-order valence-electron chi connectivity index (χ4n) is 3.82. The molecule has 1 N–H and O–H groups in total.